The second-order valence-corrected chi connectivity index (χ2v) is 6.32. The van der Waals surface area contributed by atoms with Crippen molar-refractivity contribution in [2.75, 3.05) is 0 Å². The zero-order valence-electron chi connectivity index (χ0n) is 15.5. The van der Waals surface area contributed by atoms with Gasteiger partial charge in [0.25, 0.3) is 0 Å². The molecule has 4 nitrogen and oxygen atoms in total. The van der Waals surface area contributed by atoms with Crippen LogP contribution in [0.15, 0.2) is 42.6 Å². The van der Waals surface area contributed by atoms with Crippen LogP contribution in [0, 0.1) is 19.9 Å². The molecule has 2 N–H and O–H groups in total. The topological polar surface area (TPSA) is 66.2 Å². The molecule has 0 fully saturated rings. The molecule has 3 rings (SSSR count). The average Bonchev–Trinajstić information content (AvgIpc) is 2.54. The molecule has 1 aromatic heterocycles. The summed E-state index contributed by atoms with van der Waals surface area (Å²) in [6.45, 7) is 7.26. The predicted octanol–water partition coefficient (Wildman–Crippen LogP) is 3.85. The Kier molecular flexibility index (Phi) is 9.03. The summed E-state index contributed by atoms with van der Waals surface area (Å²) in [5.74, 6) is 0. The monoisotopic (exact) mass is 530 g/mol. The van der Waals surface area contributed by atoms with Crippen LogP contribution in [-0.2, 0) is 20.1 Å². The van der Waals surface area contributed by atoms with E-state index in [1.54, 1.807) is 20.0 Å². The van der Waals surface area contributed by atoms with E-state index in [1.807, 2.05) is 32.0 Å². The number of fused-ring (bicyclic) bond motifs is 1. The number of rotatable bonds is 3. The molecule has 0 aliphatic rings. The van der Waals surface area contributed by atoms with Gasteiger partial charge in [0, 0.05) is 37.7 Å². The maximum absolute atomic E-state index is 8.56. The van der Waals surface area contributed by atoms with E-state index in [9.17, 15) is 0 Å². The largest absolute Gasteiger partial charge is 0.393 e. The van der Waals surface area contributed by atoms with E-state index in [-0.39, 0.29) is 32.3 Å². The fraction of sp³-hybridized carbons (Fsp3) is 0.333. The van der Waals surface area contributed by atoms with E-state index >= 15 is 0 Å². The normalized spacial score (nSPS) is 12.5. The van der Waals surface area contributed by atoms with Crippen molar-refractivity contribution < 1.29 is 30.3 Å². The quantitative estimate of drug-likeness (QED) is 0.506. The van der Waals surface area contributed by atoms with Gasteiger partial charge in [-0.3, -0.25) is 4.98 Å². The Bertz CT molecular complexity index is 824. The maximum Gasteiger partial charge on any atom is 0.0539 e. The van der Waals surface area contributed by atoms with Crippen molar-refractivity contribution in [2.45, 2.75) is 46.3 Å². The van der Waals surface area contributed by atoms with Gasteiger partial charge in [-0.15, -0.1) is 29.1 Å². The molecule has 5 heteroatoms. The van der Waals surface area contributed by atoms with Gasteiger partial charge in [-0.05, 0) is 34.1 Å². The molecule has 2 unspecified atom stereocenters. The van der Waals surface area contributed by atoms with Crippen LogP contribution in [0.3, 0.4) is 0 Å². The Morgan fingerprint density at radius 1 is 1.04 bits per heavy atom. The number of aromatic nitrogens is 2. The van der Waals surface area contributed by atoms with Crippen molar-refractivity contribution in [3.63, 3.8) is 0 Å². The minimum absolute atomic E-state index is 0. The molecule has 0 aliphatic heterocycles. The SMILES string of the molecule is CC(O)CC(C)O.Cc1cnc(-c2[c-]ccc3ccccc23)c(C)n1.[Ir]. The van der Waals surface area contributed by atoms with E-state index < -0.39 is 0 Å². The molecule has 1 heterocycles. The molecule has 0 amide bonds. The molecule has 0 saturated heterocycles. The van der Waals surface area contributed by atoms with Crippen LogP contribution in [0.25, 0.3) is 22.0 Å². The zero-order chi connectivity index (χ0) is 18.4. The third-order valence-corrected chi connectivity index (χ3v) is 3.71. The Hall–Kier alpha value is -1.65. The summed E-state index contributed by atoms with van der Waals surface area (Å²) in [7, 11) is 0. The molecular formula is C21H25IrN2O2-. The Morgan fingerprint density at radius 2 is 1.69 bits per heavy atom. The minimum Gasteiger partial charge on any atom is -0.393 e. The third kappa shape index (κ3) is 6.26. The summed E-state index contributed by atoms with van der Waals surface area (Å²) in [4.78, 5) is 8.98. The molecule has 2 atom stereocenters. The third-order valence-electron chi connectivity index (χ3n) is 3.71. The first-order valence-electron chi connectivity index (χ1n) is 8.44. The number of aliphatic hydroxyl groups is 2. The molecule has 0 bridgehead atoms. The summed E-state index contributed by atoms with van der Waals surface area (Å²) in [6, 6.07) is 15.6. The number of aliphatic hydroxyl groups excluding tert-OH is 2. The summed E-state index contributed by atoms with van der Waals surface area (Å²) in [6.07, 6.45) is 1.53. The number of nitrogens with zero attached hydrogens (tertiary/aromatic N) is 2. The molecule has 141 valence electrons. The van der Waals surface area contributed by atoms with Gasteiger partial charge in [0.05, 0.1) is 17.9 Å². The summed E-state index contributed by atoms with van der Waals surface area (Å²) < 4.78 is 0. The molecule has 0 saturated carbocycles. The van der Waals surface area contributed by atoms with E-state index in [0.717, 1.165) is 22.6 Å². The maximum atomic E-state index is 8.56. The second-order valence-electron chi connectivity index (χ2n) is 6.32. The molecule has 3 aromatic rings. The average molecular weight is 530 g/mol. The van der Waals surface area contributed by atoms with Crippen LogP contribution in [0.2, 0.25) is 0 Å². The molecule has 1 radical (unpaired) electrons. The van der Waals surface area contributed by atoms with Gasteiger partial charge in [0.2, 0.25) is 0 Å². The van der Waals surface area contributed by atoms with Crippen molar-refractivity contribution in [3.05, 3.63) is 60.0 Å². The smallest absolute Gasteiger partial charge is 0.0539 e. The number of benzene rings is 2. The first kappa shape index (κ1) is 22.4. The standard InChI is InChI=1S/C16H13N2.C5H12O2.Ir/c1-11-10-17-16(12(2)18-11)15-9-5-7-13-6-3-4-8-14(13)15;1-4(6)3-5(2)7;/h3-8,10H,1-2H3;4-7H,3H2,1-2H3;/q-1;;. The van der Waals surface area contributed by atoms with Crippen LogP contribution in [0.5, 0.6) is 0 Å². The van der Waals surface area contributed by atoms with Gasteiger partial charge in [0.1, 0.15) is 0 Å². The fourth-order valence-electron chi connectivity index (χ4n) is 2.70. The van der Waals surface area contributed by atoms with Gasteiger partial charge in [-0.25, -0.2) is 0 Å². The fourth-order valence-corrected chi connectivity index (χ4v) is 2.70. The summed E-state index contributed by atoms with van der Waals surface area (Å²) >= 11 is 0. The summed E-state index contributed by atoms with van der Waals surface area (Å²) in [5.41, 5.74) is 3.83. The number of hydrogen-bond donors (Lipinski definition) is 2. The van der Waals surface area contributed by atoms with Gasteiger partial charge < -0.3 is 15.2 Å². The van der Waals surface area contributed by atoms with Crippen LogP contribution in [0.1, 0.15) is 31.7 Å². The van der Waals surface area contributed by atoms with Crippen LogP contribution < -0.4 is 0 Å². The predicted molar refractivity (Wildman–Crippen MR) is 101 cm³/mol. The molecule has 2 aromatic carbocycles. The zero-order valence-corrected chi connectivity index (χ0v) is 17.9. The van der Waals surface area contributed by atoms with Crippen molar-refractivity contribution in [3.8, 4) is 11.3 Å². The number of hydrogen-bond acceptors (Lipinski definition) is 4. The molecule has 0 spiro atoms. The van der Waals surface area contributed by atoms with Crippen LogP contribution >= 0.6 is 0 Å². The van der Waals surface area contributed by atoms with E-state index in [4.69, 9.17) is 10.2 Å². The van der Waals surface area contributed by atoms with Crippen molar-refractivity contribution in [2.24, 2.45) is 0 Å². The van der Waals surface area contributed by atoms with Gasteiger partial charge in [-0.1, -0.05) is 29.7 Å². The number of aryl methyl sites for hydroxylation is 2. The summed E-state index contributed by atoms with van der Waals surface area (Å²) in [5, 5.41) is 19.5. The van der Waals surface area contributed by atoms with Gasteiger partial charge in [0.15, 0.2) is 0 Å². The first-order valence-corrected chi connectivity index (χ1v) is 8.44. The second kappa shape index (κ2) is 10.5. The Balaban J connectivity index is 0.000000366. The van der Waals surface area contributed by atoms with E-state index in [0.29, 0.717) is 6.42 Å². The molecule has 0 aliphatic carbocycles. The molecule has 26 heavy (non-hydrogen) atoms. The molecular weight excluding hydrogens is 504 g/mol. The Labute approximate surface area is 168 Å². The minimum atomic E-state index is -0.375. The van der Waals surface area contributed by atoms with Gasteiger partial charge >= 0.3 is 0 Å². The Morgan fingerprint density at radius 3 is 2.27 bits per heavy atom. The van der Waals surface area contributed by atoms with Crippen molar-refractivity contribution >= 4 is 10.8 Å². The van der Waals surface area contributed by atoms with Crippen LogP contribution in [0.4, 0.5) is 0 Å². The first-order chi connectivity index (χ1) is 11.9. The van der Waals surface area contributed by atoms with E-state index in [2.05, 4.69) is 34.2 Å². The van der Waals surface area contributed by atoms with Crippen LogP contribution in [-0.4, -0.2) is 32.4 Å². The van der Waals surface area contributed by atoms with Crippen molar-refractivity contribution in [1.29, 1.82) is 0 Å². The van der Waals surface area contributed by atoms with Gasteiger partial charge in [-0.2, -0.15) is 0 Å². The van der Waals surface area contributed by atoms with Crippen molar-refractivity contribution in [1.82, 2.24) is 9.97 Å². The van der Waals surface area contributed by atoms with E-state index in [1.165, 1.54) is 10.8 Å².